The van der Waals surface area contributed by atoms with Crippen LogP contribution in [0.1, 0.15) is 41.7 Å². The summed E-state index contributed by atoms with van der Waals surface area (Å²) in [6, 6.07) is 9.64. The van der Waals surface area contributed by atoms with Gasteiger partial charge in [0.15, 0.2) is 0 Å². The maximum atomic E-state index is 12.4. The van der Waals surface area contributed by atoms with Gasteiger partial charge in [-0.05, 0) is 31.9 Å². The summed E-state index contributed by atoms with van der Waals surface area (Å²) < 4.78 is 0. The van der Waals surface area contributed by atoms with Crippen LogP contribution in [0.2, 0.25) is 0 Å². The molecule has 0 aliphatic heterocycles. The summed E-state index contributed by atoms with van der Waals surface area (Å²) in [4.78, 5) is 16.8. The predicted octanol–water partition coefficient (Wildman–Crippen LogP) is 4.23. The van der Waals surface area contributed by atoms with E-state index in [1.54, 1.807) is 0 Å². The molecule has 21 heavy (non-hydrogen) atoms. The third kappa shape index (κ3) is 4.53. The summed E-state index contributed by atoms with van der Waals surface area (Å²) in [6.45, 7) is 2.65. The third-order valence-corrected chi connectivity index (χ3v) is 4.00. The van der Waals surface area contributed by atoms with Gasteiger partial charge in [0.25, 0.3) is 5.91 Å². The SMILES string of the molecule is Cc1cc(C(=O)NCCCCCCBr)c2ccccc2n1. The number of halogens is 1. The average molecular weight is 349 g/mol. The first-order chi connectivity index (χ1) is 10.2. The third-order valence-electron chi connectivity index (χ3n) is 3.43. The van der Waals surface area contributed by atoms with Gasteiger partial charge in [0, 0.05) is 23.0 Å². The molecule has 0 saturated carbocycles. The minimum Gasteiger partial charge on any atom is -0.352 e. The molecule has 0 atom stereocenters. The van der Waals surface area contributed by atoms with E-state index in [1.807, 2.05) is 37.3 Å². The second-order valence-electron chi connectivity index (χ2n) is 5.19. The van der Waals surface area contributed by atoms with Crippen molar-refractivity contribution in [2.75, 3.05) is 11.9 Å². The van der Waals surface area contributed by atoms with Crippen LogP contribution in [0.3, 0.4) is 0 Å². The Morgan fingerprint density at radius 3 is 2.76 bits per heavy atom. The van der Waals surface area contributed by atoms with E-state index in [1.165, 1.54) is 12.8 Å². The molecule has 1 aromatic heterocycles. The zero-order chi connectivity index (χ0) is 15.1. The first-order valence-electron chi connectivity index (χ1n) is 7.43. The Bertz CT molecular complexity index is 613. The van der Waals surface area contributed by atoms with Crippen LogP contribution >= 0.6 is 15.9 Å². The van der Waals surface area contributed by atoms with Gasteiger partial charge in [-0.25, -0.2) is 0 Å². The zero-order valence-electron chi connectivity index (χ0n) is 12.4. The highest BCUT2D eigenvalue weighted by atomic mass is 79.9. The number of nitrogens with zero attached hydrogens (tertiary/aromatic N) is 1. The number of amides is 1. The van der Waals surface area contributed by atoms with Gasteiger partial charge >= 0.3 is 0 Å². The minimum absolute atomic E-state index is 0.00260. The minimum atomic E-state index is -0.00260. The predicted molar refractivity (Wildman–Crippen MR) is 91.1 cm³/mol. The van der Waals surface area contributed by atoms with E-state index in [9.17, 15) is 4.79 Å². The fraction of sp³-hybridized carbons (Fsp3) is 0.412. The zero-order valence-corrected chi connectivity index (χ0v) is 13.9. The number of para-hydroxylation sites is 1. The normalized spacial score (nSPS) is 10.8. The summed E-state index contributed by atoms with van der Waals surface area (Å²) in [5.74, 6) is -0.00260. The lowest BCUT2D eigenvalue weighted by Gasteiger charge is -2.09. The van der Waals surface area contributed by atoms with Gasteiger partial charge < -0.3 is 5.32 Å². The number of fused-ring (bicyclic) bond motifs is 1. The van der Waals surface area contributed by atoms with Gasteiger partial charge in [-0.1, -0.05) is 47.0 Å². The number of aromatic nitrogens is 1. The number of aryl methyl sites for hydroxylation is 1. The summed E-state index contributed by atoms with van der Waals surface area (Å²) >= 11 is 3.43. The van der Waals surface area contributed by atoms with Gasteiger partial charge in [0.05, 0.1) is 11.1 Å². The molecule has 0 aliphatic carbocycles. The Kier molecular flexibility index (Phi) is 6.18. The lowest BCUT2D eigenvalue weighted by Crippen LogP contribution is -2.24. The number of carbonyl (C=O) groups is 1. The van der Waals surface area contributed by atoms with Crippen molar-refractivity contribution in [3.05, 3.63) is 41.6 Å². The highest BCUT2D eigenvalue weighted by Crippen LogP contribution is 2.18. The number of alkyl halides is 1. The number of nitrogens with one attached hydrogen (secondary N) is 1. The van der Waals surface area contributed by atoms with Crippen molar-refractivity contribution in [3.63, 3.8) is 0 Å². The molecule has 0 unspecified atom stereocenters. The molecule has 1 N–H and O–H groups in total. The van der Waals surface area contributed by atoms with E-state index >= 15 is 0 Å². The molecule has 3 nitrogen and oxygen atoms in total. The lowest BCUT2D eigenvalue weighted by atomic mass is 10.1. The molecule has 2 rings (SSSR count). The van der Waals surface area contributed by atoms with Crippen LogP contribution in [0, 0.1) is 6.92 Å². The number of rotatable bonds is 7. The number of hydrogen-bond donors (Lipinski definition) is 1. The fourth-order valence-electron chi connectivity index (χ4n) is 2.37. The Balaban J connectivity index is 1.99. The number of benzene rings is 1. The molecule has 0 radical (unpaired) electrons. The number of unbranched alkanes of at least 4 members (excludes halogenated alkanes) is 3. The van der Waals surface area contributed by atoms with E-state index in [4.69, 9.17) is 0 Å². The summed E-state index contributed by atoms with van der Waals surface area (Å²) in [5.41, 5.74) is 2.47. The largest absolute Gasteiger partial charge is 0.352 e. The maximum absolute atomic E-state index is 12.4. The van der Waals surface area contributed by atoms with Gasteiger partial charge in [0.1, 0.15) is 0 Å². The van der Waals surface area contributed by atoms with Crippen molar-refractivity contribution in [1.82, 2.24) is 10.3 Å². The fourth-order valence-corrected chi connectivity index (χ4v) is 2.76. The van der Waals surface area contributed by atoms with Crippen LogP contribution in [0.5, 0.6) is 0 Å². The van der Waals surface area contributed by atoms with E-state index in [0.29, 0.717) is 0 Å². The molecule has 1 aromatic carbocycles. The molecule has 112 valence electrons. The van der Waals surface area contributed by atoms with Crippen LogP contribution < -0.4 is 5.32 Å². The van der Waals surface area contributed by atoms with Crippen molar-refractivity contribution in [1.29, 1.82) is 0 Å². The maximum Gasteiger partial charge on any atom is 0.252 e. The molecular weight excluding hydrogens is 328 g/mol. The van der Waals surface area contributed by atoms with E-state index in [-0.39, 0.29) is 5.91 Å². The lowest BCUT2D eigenvalue weighted by molar-refractivity contribution is 0.0954. The molecule has 0 aliphatic rings. The van der Waals surface area contributed by atoms with Crippen LogP contribution in [-0.4, -0.2) is 22.8 Å². The molecule has 0 fully saturated rings. The Labute approximate surface area is 134 Å². The van der Waals surface area contributed by atoms with Crippen molar-refractivity contribution in [3.8, 4) is 0 Å². The Hall–Kier alpha value is -1.42. The average Bonchev–Trinajstić information content (AvgIpc) is 2.49. The van der Waals surface area contributed by atoms with Crippen molar-refractivity contribution in [2.45, 2.75) is 32.6 Å². The smallest absolute Gasteiger partial charge is 0.252 e. The summed E-state index contributed by atoms with van der Waals surface area (Å²) in [6.07, 6.45) is 4.59. The van der Waals surface area contributed by atoms with Crippen LogP contribution in [0.15, 0.2) is 30.3 Å². The molecule has 2 aromatic rings. The van der Waals surface area contributed by atoms with Crippen molar-refractivity contribution < 1.29 is 4.79 Å². The topological polar surface area (TPSA) is 42.0 Å². The van der Waals surface area contributed by atoms with Gasteiger partial charge in [-0.2, -0.15) is 0 Å². The Morgan fingerprint density at radius 2 is 1.95 bits per heavy atom. The van der Waals surface area contributed by atoms with Crippen molar-refractivity contribution in [2.24, 2.45) is 0 Å². The first-order valence-corrected chi connectivity index (χ1v) is 8.55. The highest BCUT2D eigenvalue weighted by Gasteiger charge is 2.10. The molecule has 0 bridgehead atoms. The van der Waals surface area contributed by atoms with Crippen LogP contribution in [0.4, 0.5) is 0 Å². The monoisotopic (exact) mass is 348 g/mol. The second kappa shape index (κ2) is 8.13. The van der Waals surface area contributed by atoms with E-state index in [0.717, 1.165) is 46.9 Å². The highest BCUT2D eigenvalue weighted by molar-refractivity contribution is 9.09. The van der Waals surface area contributed by atoms with E-state index in [2.05, 4.69) is 26.2 Å². The molecular formula is C17H21BrN2O. The second-order valence-corrected chi connectivity index (χ2v) is 5.98. The van der Waals surface area contributed by atoms with Crippen LogP contribution in [-0.2, 0) is 0 Å². The number of pyridine rings is 1. The van der Waals surface area contributed by atoms with Gasteiger partial charge in [-0.15, -0.1) is 0 Å². The number of hydrogen-bond acceptors (Lipinski definition) is 2. The quantitative estimate of drug-likeness (QED) is 0.600. The molecule has 4 heteroatoms. The molecule has 0 saturated heterocycles. The first kappa shape index (κ1) is 16.0. The van der Waals surface area contributed by atoms with Crippen LogP contribution in [0.25, 0.3) is 10.9 Å². The van der Waals surface area contributed by atoms with Gasteiger partial charge in [0.2, 0.25) is 0 Å². The summed E-state index contributed by atoms with van der Waals surface area (Å²) in [5, 5.41) is 4.99. The Morgan fingerprint density at radius 1 is 1.19 bits per heavy atom. The molecule has 0 spiro atoms. The van der Waals surface area contributed by atoms with E-state index < -0.39 is 0 Å². The van der Waals surface area contributed by atoms with Gasteiger partial charge in [-0.3, -0.25) is 9.78 Å². The summed E-state index contributed by atoms with van der Waals surface area (Å²) in [7, 11) is 0. The molecule has 1 amide bonds. The number of carbonyl (C=O) groups excluding carboxylic acids is 1. The standard InChI is InChI=1S/C17H21BrN2O/c1-13-12-15(14-8-4-5-9-16(14)20-13)17(21)19-11-7-3-2-6-10-18/h4-5,8-9,12H,2-3,6-7,10-11H2,1H3,(H,19,21). The van der Waals surface area contributed by atoms with Crippen molar-refractivity contribution >= 4 is 32.7 Å². The molecule has 1 heterocycles.